The number of hydrogen-bond donors (Lipinski definition) is 2. The summed E-state index contributed by atoms with van der Waals surface area (Å²) in [5, 5.41) is 16.6. The van der Waals surface area contributed by atoms with E-state index in [-0.39, 0.29) is 18.8 Å². The third-order valence-electron chi connectivity index (χ3n) is 3.07. The van der Waals surface area contributed by atoms with Crippen LogP contribution in [0.3, 0.4) is 0 Å². The van der Waals surface area contributed by atoms with Gasteiger partial charge >= 0.3 is 0 Å². The van der Waals surface area contributed by atoms with Gasteiger partial charge in [-0.25, -0.2) is 5.43 Å². The van der Waals surface area contributed by atoms with Gasteiger partial charge in [0.25, 0.3) is 17.5 Å². The zero-order chi connectivity index (χ0) is 18.8. The summed E-state index contributed by atoms with van der Waals surface area (Å²) in [6.45, 7) is -0.460. The van der Waals surface area contributed by atoms with E-state index < -0.39 is 16.7 Å². The number of hydrazone groups is 1. The van der Waals surface area contributed by atoms with Crippen LogP contribution >= 0.6 is 0 Å². The molecule has 0 spiro atoms. The molecule has 2 N–H and O–H groups in total. The second-order valence-corrected chi connectivity index (χ2v) is 5.02. The van der Waals surface area contributed by atoms with Gasteiger partial charge in [-0.2, -0.15) is 5.10 Å². The van der Waals surface area contributed by atoms with E-state index in [4.69, 9.17) is 4.74 Å². The Morgan fingerprint density at radius 3 is 2.42 bits per heavy atom. The monoisotopic (exact) mass is 356 g/mol. The van der Waals surface area contributed by atoms with Gasteiger partial charge in [0.15, 0.2) is 6.61 Å². The molecule has 0 aromatic heterocycles. The first kappa shape index (κ1) is 18.6. The first-order valence-corrected chi connectivity index (χ1v) is 7.55. The number of benzene rings is 2. The predicted molar refractivity (Wildman–Crippen MR) is 93.8 cm³/mol. The van der Waals surface area contributed by atoms with Crippen molar-refractivity contribution in [3.63, 3.8) is 0 Å². The van der Waals surface area contributed by atoms with Gasteiger partial charge in [0.05, 0.1) is 17.7 Å². The first-order chi connectivity index (χ1) is 12.5. The summed E-state index contributed by atoms with van der Waals surface area (Å²) in [5.74, 6) is -0.403. The number of nitro benzene ring substituents is 1. The number of non-ortho nitro benzene ring substituents is 1. The fourth-order valence-electron chi connectivity index (χ4n) is 1.80. The van der Waals surface area contributed by atoms with Gasteiger partial charge in [-0.3, -0.25) is 19.7 Å². The maximum absolute atomic E-state index is 11.6. The highest BCUT2D eigenvalue weighted by atomic mass is 16.6. The fourth-order valence-corrected chi connectivity index (χ4v) is 1.80. The van der Waals surface area contributed by atoms with Crippen LogP contribution in [-0.4, -0.2) is 36.1 Å². The standard InChI is InChI=1S/C17H16N4O5/c22-16(11-18-17(23)12-26-15-4-2-1-3-5-15)20-19-10-13-6-8-14(9-7-13)21(24)25/h1-10H,11-12H2,(H,18,23)(H,20,22)/b19-10-. The minimum atomic E-state index is -0.517. The topological polar surface area (TPSA) is 123 Å². The van der Waals surface area contributed by atoms with Gasteiger partial charge in [0, 0.05) is 12.1 Å². The minimum Gasteiger partial charge on any atom is -0.484 e. The largest absolute Gasteiger partial charge is 0.484 e. The molecule has 0 aliphatic carbocycles. The molecule has 0 aliphatic rings. The van der Waals surface area contributed by atoms with Gasteiger partial charge < -0.3 is 10.1 Å². The molecule has 26 heavy (non-hydrogen) atoms. The van der Waals surface area contributed by atoms with Crippen molar-refractivity contribution in [1.29, 1.82) is 0 Å². The maximum atomic E-state index is 11.6. The molecule has 0 unspecified atom stereocenters. The van der Waals surface area contributed by atoms with Gasteiger partial charge in [-0.05, 0) is 29.8 Å². The number of hydrogen-bond acceptors (Lipinski definition) is 6. The Hall–Kier alpha value is -3.75. The normalized spacial score (nSPS) is 10.3. The average Bonchev–Trinajstić information content (AvgIpc) is 2.66. The molecule has 0 fully saturated rings. The molecule has 0 radical (unpaired) electrons. The number of para-hydroxylation sites is 1. The van der Waals surface area contributed by atoms with Crippen LogP contribution in [0.25, 0.3) is 0 Å². The molecular formula is C17H16N4O5. The van der Waals surface area contributed by atoms with Crippen molar-refractivity contribution in [1.82, 2.24) is 10.7 Å². The molecule has 0 aliphatic heterocycles. The predicted octanol–water partition coefficient (Wildman–Crippen LogP) is 1.24. The van der Waals surface area contributed by atoms with Crippen molar-refractivity contribution in [3.05, 3.63) is 70.3 Å². The Morgan fingerprint density at radius 1 is 1.08 bits per heavy atom. The number of carbonyl (C=O) groups excluding carboxylic acids is 2. The van der Waals surface area contributed by atoms with E-state index in [1.54, 1.807) is 24.3 Å². The molecule has 0 bridgehead atoms. The van der Waals surface area contributed by atoms with Crippen LogP contribution in [0.2, 0.25) is 0 Å². The van der Waals surface area contributed by atoms with Crippen LogP contribution in [0.1, 0.15) is 5.56 Å². The maximum Gasteiger partial charge on any atom is 0.269 e. The number of ether oxygens (including phenoxy) is 1. The Morgan fingerprint density at radius 2 is 1.77 bits per heavy atom. The number of nitro groups is 1. The first-order valence-electron chi connectivity index (χ1n) is 7.55. The lowest BCUT2D eigenvalue weighted by Gasteiger charge is -2.06. The average molecular weight is 356 g/mol. The van der Waals surface area contributed by atoms with E-state index in [9.17, 15) is 19.7 Å². The number of carbonyl (C=O) groups is 2. The van der Waals surface area contributed by atoms with Crippen LogP contribution in [0.5, 0.6) is 5.75 Å². The second-order valence-electron chi connectivity index (χ2n) is 5.02. The third-order valence-corrected chi connectivity index (χ3v) is 3.07. The van der Waals surface area contributed by atoms with Crippen LogP contribution < -0.4 is 15.5 Å². The molecule has 134 valence electrons. The summed E-state index contributed by atoms with van der Waals surface area (Å²) >= 11 is 0. The van der Waals surface area contributed by atoms with Gasteiger partial charge in [-0.1, -0.05) is 18.2 Å². The van der Waals surface area contributed by atoms with Crippen LogP contribution in [0.15, 0.2) is 59.7 Å². The van der Waals surface area contributed by atoms with Gasteiger partial charge in [0.2, 0.25) is 0 Å². The van der Waals surface area contributed by atoms with Gasteiger partial charge in [0.1, 0.15) is 5.75 Å². The lowest BCUT2D eigenvalue weighted by Crippen LogP contribution is -2.37. The van der Waals surface area contributed by atoms with E-state index in [2.05, 4.69) is 15.8 Å². The Labute approximate surface area is 148 Å². The molecular weight excluding hydrogens is 340 g/mol. The zero-order valence-electron chi connectivity index (χ0n) is 13.6. The molecule has 2 aromatic rings. The number of nitrogens with zero attached hydrogens (tertiary/aromatic N) is 2. The molecule has 9 heteroatoms. The van der Waals surface area contributed by atoms with Crippen molar-refractivity contribution in [2.45, 2.75) is 0 Å². The lowest BCUT2D eigenvalue weighted by molar-refractivity contribution is -0.384. The fraction of sp³-hybridized carbons (Fsp3) is 0.118. The van der Waals surface area contributed by atoms with Gasteiger partial charge in [-0.15, -0.1) is 0 Å². The smallest absolute Gasteiger partial charge is 0.269 e. The quantitative estimate of drug-likeness (QED) is 0.418. The Balaban J connectivity index is 1.68. The van der Waals surface area contributed by atoms with E-state index in [0.29, 0.717) is 11.3 Å². The van der Waals surface area contributed by atoms with Crippen molar-refractivity contribution >= 4 is 23.7 Å². The summed E-state index contributed by atoms with van der Waals surface area (Å²) in [5.41, 5.74) is 2.78. The molecule has 9 nitrogen and oxygen atoms in total. The summed E-state index contributed by atoms with van der Waals surface area (Å²) in [6.07, 6.45) is 1.34. The lowest BCUT2D eigenvalue weighted by atomic mass is 10.2. The molecule has 2 amide bonds. The molecule has 0 heterocycles. The van der Waals surface area contributed by atoms with Crippen LogP contribution in [0, 0.1) is 10.1 Å². The summed E-state index contributed by atoms with van der Waals surface area (Å²) in [4.78, 5) is 33.2. The number of rotatable bonds is 8. The van der Waals surface area contributed by atoms with E-state index in [0.717, 1.165) is 0 Å². The molecule has 0 saturated heterocycles. The van der Waals surface area contributed by atoms with Crippen LogP contribution in [-0.2, 0) is 9.59 Å². The Kier molecular flexibility index (Phi) is 6.81. The Bertz CT molecular complexity index is 791. The molecule has 0 atom stereocenters. The summed E-state index contributed by atoms with van der Waals surface area (Å²) < 4.78 is 5.24. The number of nitrogens with one attached hydrogen (secondary N) is 2. The minimum absolute atomic E-state index is 0.0355. The van der Waals surface area contributed by atoms with E-state index in [1.165, 1.54) is 30.5 Å². The summed E-state index contributed by atoms with van der Waals surface area (Å²) in [7, 11) is 0. The molecule has 0 saturated carbocycles. The van der Waals surface area contributed by atoms with E-state index >= 15 is 0 Å². The van der Waals surface area contributed by atoms with Crippen molar-refractivity contribution in [2.24, 2.45) is 5.10 Å². The van der Waals surface area contributed by atoms with Crippen molar-refractivity contribution < 1.29 is 19.2 Å². The van der Waals surface area contributed by atoms with Crippen LogP contribution in [0.4, 0.5) is 5.69 Å². The van der Waals surface area contributed by atoms with E-state index in [1.807, 2.05) is 6.07 Å². The highest BCUT2D eigenvalue weighted by Gasteiger charge is 2.06. The van der Waals surface area contributed by atoms with Crippen molar-refractivity contribution in [2.75, 3.05) is 13.2 Å². The molecule has 2 aromatic carbocycles. The molecule has 2 rings (SSSR count). The second kappa shape index (κ2) is 9.52. The third kappa shape index (κ3) is 6.40. The van der Waals surface area contributed by atoms with Crippen molar-refractivity contribution in [3.8, 4) is 5.75 Å². The summed E-state index contributed by atoms with van der Waals surface area (Å²) in [6, 6.07) is 14.5. The zero-order valence-corrected chi connectivity index (χ0v) is 13.6. The SMILES string of the molecule is O=C(COc1ccccc1)NCC(=O)N/N=C\c1ccc([N+](=O)[O-])cc1. The highest BCUT2D eigenvalue weighted by Crippen LogP contribution is 2.10. The highest BCUT2D eigenvalue weighted by molar-refractivity contribution is 5.86. The number of amides is 2.